The predicted octanol–water partition coefficient (Wildman–Crippen LogP) is 2.07. The number of anilines is 1. The SMILES string of the molecule is CCOc1ccc(C(=O)OCc2cc(C)nn2C)cc1N. The van der Waals surface area contributed by atoms with Crippen molar-refractivity contribution in [3.8, 4) is 5.75 Å². The van der Waals surface area contributed by atoms with Gasteiger partial charge in [0, 0.05) is 7.05 Å². The first-order valence-corrected chi connectivity index (χ1v) is 6.70. The largest absolute Gasteiger partial charge is 0.492 e. The van der Waals surface area contributed by atoms with E-state index in [1.54, 1.807) is 22.9 Å². The summed E-state index contributed by atoms with van der Waals surface area (Å²) in [6.45, 7) is 4.45. The summed E-state index contributed by atoms with van der Waals surface area (Å²) < 4.78 is 12.3. The van der Waals surface area contributed by atoms with E-state index in [1.807, 2.05) is 27.0 Å². The van der Waals surface area contributed by atoms with Gasteiger partial charge in [0.25, 0.3) is 0 Å². The van der Waals surface area contributed by atoms with Crippen LogP contribution in [0.2, 0.25) is 0 Å². The first-order chi connectivity index (χ1) is 10.0. The molecule has 21 heavy (non-hydrogen) atoms. The van der Waals surface area contributed by atoms with Gasteiger partial charge in [-0.15, -0.1) is 0 Å². The summed E-state index contributed by atoms with van der Waals surface area (Å²) in [6, 6.07) is 6.74. The molecule has 1 aromatic carbocycles. The third-order valence-electron chi connectivity index (χ3n) is 3.00. The highest BCUT2D eigenvalue weighted by Gasteiger charge is 2.11. The number of hydrogen-bond acceptors (Lipinski definition) is 5. The van der Waals surface area contributed by atoms with Crippen LogP contribution >= 0.6 is 0 Å². The van der Waals surface area contributed by atoms with Gasteiger partial charge in [-0.3, -0.25) is 4.68 Å². The number of carbonyl (C=O) groups is 1. The van der Waals surface area contributed by atoms with Crippen molar-refractivity contribution in [2.75, 3.05) is 12.3 Å². The molecule has 2 aromatic rings. The number of nitrogens with zero attached hydrogens (tertiary/aromatic N) is 2. The van der Waals surface area contributed by atoms with Gasteiger partial charge in [0.15, 0.2) is 0 Å². The summed E-state index contributed by atoms with van der Waals surface area (Å²) in [7, 11) is 1.81. The summed E-state index contributed by atoms with van der Waals surface area (Å²) in [4.78, 5) is 12.0. The van der Waals surface area contributed by atoms with Gasteiger partial charge in [-0.05, 0) is 38.1 Å². The van der Waals surface area contributed by atoms with E-state index in [0.29, 0.717) is 23.6 Å². The Bertz CT molecular complexity index is 650. The van der Waals surface area contributed by atoms with Crippen LogP contribution in [0.3, 0.4) is 0 Å². The van der Waals surface area contributed by atoms with Crippen molar-refractivity contribution in [1.29, 1.82) is 0 Å². The number of aryl methyl sites for hydroxylation is 2. The molecule has 0 atom stereocenters. The lowest BCUT2D eigenvalue weighted by Crippen LogP contribution is -2.09. The fraction of sp³-hybridized carbons (Fsp3) is 0.333. The minimum Gasteiger partial charge on any atom is -0.492 e. The quantitative estimate of drug-likeness (QED) is 0.673. The smallest absolute Gasteiger partial charge is 0.338 e. The second-order valence-electron chi connectivity index (χ2n) is 4.66. The van der Waals surface area contributed by atoms with Gasteiger partial charge in [-0.25, -0.2) is 4.79 Å². The molecular weight excluding hydrogens is 270 g/mol. The molecule has 0 saturated carbocycles. The topological polar surface area (TPSA) is 79.4 Å². The Morgan fingerprint density at radius 3 is 2.71 bits per heavy atom. The van der Waals surface area contributed by atoms with E-state index >= 15 is 0 Å². The van der Waals surface area contributed by atoms with Crippen molar-refractivity contribution < 1.29 is 14.3 Å². The zero-order valence-corrected chi connectivity index (χ0v) is 12.4. The molecular formula is C15H19N3O3. The first-order valence-electron chi connectivity index (χ1n) is 6.70. The predicted molar refractivity (Wildman–Crippen MR) is 79.1 cm³/mol. The maximum absolute atomic E-state index is 12.0. The average molecular weight is 289 g/mol. The van der Waals surface area contributed by atoms with E-state index in [2.05, 4.69) is 5.10 Å². The summed E-state index contributed by atoms with van der Waals surface area (Å²) in [5.41, 5.74) is 8.37. The maximum atomic E-state index is 12.0. The van der Waals surface area contributed by atoms with Crippen molar-refractivity contribution in [3.63, 3.8) is 0 Å². The van der Waals surface area contributed by atoms with Crippen LogP contribution < -0.4 is 10.5 Å². The zero-order valence-electron chi connectivity index (χ0n) is 12.4. The number of rotatable bonds is 5. The van der Waals surface area contributed by atoms with E-state index in [9.17, 15) is 4.79 Å². The van der Waals surface area contributed by atoms with Crippen LogP contribution in [0.25, 0.3) is 0 Å². The van der Waals surface area contributed by atoms with E-state index in [0.717, 1.165) is 11.4 Å². The Morgan fingerprint density at radius 2 is 2.14 bits per heavy atom. The van der Waals surface area contributed by atoms with Crippen LogP contribution in [0.15, 0.2) is 24.3 Å². The Morgan fingerprint density at radius 1 is 1.38 bits per heavy atom. The number of esters is 1. The molecule has 1 aromatic heterocycles. The molecule has 0 radical (unpaired) electrons. The summed E-state index contributed by atoms with van der Waals surface area (Å²) in [5.74, 6) is 0.139. The molecule has 2 N–H and O–H groups in total. The molecule has 0 amide bonds. The summed E-state index contributed by atoms with van der Waals surface area (Å²) >= 11 is 0. The molecule has 0 saturated heterocycles. The summed E-state index contributed by atoms with van der Waals surface area (Å²) in [6.07, 6.45) is 0. The molecule has 1 heterocycles. The molecule has 0 aliphatic carbocycles. The normalized spacial score (nSPS) is 10.4. The van der Waals surface area contributed by atoms with Crippen molar-refractivity contribution in [2.45, 2.75) is 20.5 Å². The number of aromatic nitrogens is 2. The van der Waals surface area contributed by atoms with Crippen LogP contribution in [0, 0.1) is 6.92 Å². The minimum atomic E-state index is -0.427. The van der Waals surface area contributed by atoms with Crippen LogP contribution in [0.4, 0.5) is 5.69 Å². The monoisotopic (exact) mass is 289 g/mol. The Kier molecular flexibility index (Phi) is 4.47. The number of ether oxygens (including phenoxy) is 2. The van der Waals surface area contributed by atoms with Gasteiger partial charge in [0.05, 0.1) is 29.2 Å². The third-order valence-corrected chi connectivity index (χ3v) is 3.00. The van der Waals surface area contributed by atoms with Crippen molar-refractivity contribution in [1.82, 2.24) is 9.78 Å². The Hall–Kier alpha value is -2.50. The first kappa shape index (κ1) is 14.9. The zero-order chi connectivity index (χ0) is 15.4. The second-order valence-corrected chi connectivity index (χ2v) is 4.66. The van der Waals surface area contributed by atoms with Gasteiger partial charge < -0.3 is 15.2 Å². The molecule has 0 fully saturated rings. The average Bonchev–Trinajstić information content (AvgIpc) is 2.76. The molecule has 6 heteroatoms. The minimum absolute atomic E-state index is 0.170. The van der Waals surface area contributed by atoms with Crippen LogP contribution in [-0.2, 0) is 18.4 Å². The van der Waals surface area contributed by atoms with E-state index < -0.39 is 5.97 Å². The van der Waals surface area contributed by atoms with Gasteiger partial charge in [0.1, 0.15) is 12.4 Å². The standard InChI is InChI=1S/C15H19N3O3/c1-4-20-14-6-5-11(8-13(14)16)15(19)21-9-12-7-10(2)17-18(12)3/h5-8H,4,9,16H2,1-3H3. The van der Waals surface area contributed by atoms with Gasteiger partial charge in [-0.1, -0.05) is 0 Å². The van der Waals surface area contributed by atoms with E-state index in [-0.39, 0.29) is 6.61 Å². The maximum Gasteiger partial charge on any atom is 0.338 e. The highest BCUT2D eigenvalue weighted by atomic mass is 16.5. The number of benzene rings is 1. The number of nitrogen functional groups attached to an aromatic ring is 1. The van der Waals surface area contributed by atoms with Gasteiger partial charge >= 0.3 is 5.97 Å². The molecule has 0 aliphatic rings. The molecule has 0 unspecified atom stereocenters. The van der Waals surface area contributed by atoms with Gasteiger partial charge in [0.2, 0.25) is 0 Å². The van der Waals surface area contributed by atoms with Gasteiger partial charge in [-0.2, -0.15) is 5.10 Å². The molecule has 0 spiro atoms. The molecule has 0 aliphatic heterocycles. The lowest BCUT2D eigenvalue weighted by Gasteiger charge is -2.09. The lowest BCUT2D eigenvalue weighted by molar-refractivity contribution is 0.0463. The van der Waals surface area contributed by atoms with Crippen molar-refractivity contribution in [3.05, 3.63) is 41.2 Å². The van der Waals surface area contributed by atoms with Crippen LogP contribution in [0.1, 0.15) is 28.7 Å². The second kappa shape index (κ2) is 6.30. The summed E-state index contributed by atoms with van der Waals surface area (Å²) in [5, 5.41) is 4.20. The van der Waals surface area contributed by atoms with Crippen LogP contribution in [0.5, 0.6) is 5.75 Å². The number of hydrogen-bond donors (Lipinski definition) is 1. The third kappa shape index (κ3) is 3.53. The van der Waals surface area contributed by atoms with E-state index in [4.69, 9.17) is 15.2 Å². The van der Waals surface area contributed by atoms with E-state index in [1.165, 1.54) is 0 Å². The number of nitrogens with two attached hydrogens (primary N) is 1. The molecule has 0 bridgehead atoms. The Balaban J connectivity index is 2.03. The molecule has 112 valence electrons. The molecule has 6 nitrogen and oxygen atoms in total. The lowest BCUT2D eigenvalue weighted by atomic mass is 10.2. The molecule has 2 rings (SSSR count). The van der Waals surface area contributed by atoms with Crippen molar-refractivity contribution >= 4 is 11.7 Å². The number of carbonyl (C=O) groups excluding carboxylic acids is 1. The fourth-order valence-corrected chi connectivity index (χ4v) is 1.98. The van der Waals surface area contributed by atoms with Crippen LogP contribution in [-0.4, -0.2) is 22.4 Å². The highest BCUT2D eigenvalue weighted by Crippen LogP contribution is 2.23. The highest BCUT2D eigenvalue weighted by molar-refractivity contribution is 5.91. The van der Waals surface area contributed by atoms with Crippen molar-refractivity contribution in [2.24, 2.45) is 7.05 Å². The Labute approximate surface area is 123 Å². The fourth-order valence-electron chi connectivity index (χ4n) is 1.98.